The molecule has 4 heteroatoms. The molecule has 2 N–H and O–H groups in total. The number of aromatic nitrogens is 1. The summed E-state index contributed by atoms with van der Waals surface area (Å²) in [5.74, 6) is 0.572. The smallest absolute Gasteiger partial charge is 0.123 e. The van der Waals surface area contributed by atoms with E-state index >= 15 is 0 Å². The van der Waals surface area contributed by atoms with Crippen molar-refractivity contribution in [1.29, 1.82) is 0 Å². The van der Waals surface area contributed by atoms with E-state index in [9.17, 15) is 0 Å². The van der Waals surface area contributed by atoms with E-state index in [4.69, 9.17) is 10.5 Å². The number of nitrogen functional groups attached to an aromatic ring is 1. The standard InChI is InChI=1S/C12H19N3O/c1-12(16-2)5-7-15(8-6-12)10-3-4-11(13)14-9-10/h3-4,9H,5-8H2,1-2H3,(H2,13,14). The monoisotopic (exact) mass is 221 g/mol. The van der Waals surface area contributed by atoms with Gasteiger partial charge in [-0.1, -0.05) is 0 Å². The second-order valence-electron chi connectivity index (χ2n) is 4.58. The third-order valence-electron chi connectivity index (χ3n) is 3.45. The van der Waals surface area contributed by atoms with Crippen LogP contribution in [0.5, 0.6) is 0 Å². The van der Waals surface area contributed by atoms with Gasteiger partial charge in [0.15, 0.2) is 0 Å². The number of nitrogens with two attached hydrogens (primary N) is 1. The molecule has 1 fully saturated rings. The predicted molar refractivity (Wildman–Crippen MR) is 65.5 cm³/mol. The molecule has 1 aromatic heterocycles. The van der Waals surface area contributed by atoms with Gasteiger partial charge >= 0.3 is 0 Å². The van der Waals surface area contributed by atoms with E-state index in [0.717, 1.165) is 31.6 Å². The van der Waals surface area contributed by atoms with Gasteiger partial charge in [0.2, 0.25) is 0 Å². The molecule has 88 valence electrons. The normalized spacial score (nSPS) is 19.8. The van der Waals surface area contributed by atoms with Gasteiger partial charge in [-0.3, -0.25) is 0 Å². The molecule has 0 aliphatic carbocycles. The van der Waals surface area contributed by atoms with Gasteiger partial charge in [0, 0.05) is 20.2 Å². The zero-order valence-corrected chi connectivity index (χ0v) is 9.94. The van der Waals surface area contributed by atoms with Crippen molar-refractivity contribution in [3.63, 3.8) is 0 Å². The van der Waals surface area contributed by atoms with Crippen molar-refractivity contribution in [2.75, 3.05) is 30.8 Å². The second kappa shape index (κ2) is 4.29. The Balaban J connectivity index is 2.01. The molecule has 1 saturated heterocycles. The van der Waals surface area contributed by atoms with E-state index in [1.165, 1.54) is 0 Å². The Kier molecular flexibility index (Phi) is 3.01. The second-order valence-corrected chi connectivity index (χ2v) is 4.58. The van der Waals surface area contributed by atoms with Crippen LogP contribution in [0.4, 0.5) is 11.5 Å². The number of ether oxygens (including phenoxy) is 1. The summed E-state index contributed by atoms with van der Waals surface area (Å²) in [6.07, 6.45) is 3.94. The van der Waals surface area contributed by atoms with Crippen molar-refractivity contribution in [3.8, 4) is 0 Å². The lowest BCUT2D eigenvalue weighted by Gasteiger charge is -2.39. The zero-order chi connectivity index (χ0) is 11.6. The van der Waals surface area contributed by atoms with Crippen LogP contribution in [-0.4, -0.2) is 30.8 Å². The number of pyridine rings is 1. The maximum Gasteiger partial charge on any atom is 0.123 e. The Morgan fingerprint density at radius 2 is 2.06 bits per heavy atom. The predicted octanol–water partition coefficient (Wildman–Crippen LogP) is 1.67. The highest BCUT2D eigenvalue weighted by Crippen LogP contribution is 2.28. The summed E-state index contributed by atoms with van der Waals surface area (Å²) in [7, 11) is 1.79. The number of methoxy groups -OCH3 is 1. The summed E-state index contributed by atoms with van der Waals surface area (Å²) in [6, 6.07) is 3.87. The van der Waals surface area contributed by atoms with E-state index in [1.54, 1.807) is 7.11 Å². The van der Waals surface area contributed by atoms with Crippen LogP contribution in [0.2, 0.25) is 0 Å². The van der Waals surface area contributed by atoms with E-state index in [0.29, 0.717) is 5.82 Å². The Morgan fingerprint density at radius 3 is 2.56 bits per heavy atom. The lowest BCUT2D eigenvalue weighted by atomic mass is 9.93. The molecule has 0 unspecified atom stereocenters. The first-order valence-electron chi connectivity index (χ1n) is 5.65. The van der Waals surface area contributed by atoms with Crippen LogP contribution in [-0.2, 0) is 4.74 Å². The van der Waals surface area contributed by atoms with Gasteiger partial charge in [0.05, 0.1) is 17.5 Å². The van der Waals surface area contributed by atoms with E-state index in [1.807, 2.05) is 18.3 Å². The van der Waals surface area contributed by atoms with Gasteiger partial charge in [0.25, 0.3) is 0 Å². The average Bonchev–Trinajstić information content (AvgIpc) is 2.32. The Hall–Kier alpha value is -1.29. The van der Waals surface area contributed by atoms with Crippen molar-refractivity contribution in [3.05, 3.63) is 18.3 Å². The first kappa shape index (κ1) is 11.2. The highest BCUT2D eigenvalue weighted by molar-refractivity contribution is 5.48. The topological polar surface area (TPSA) is 51.4 Å². The Bertz CT molecular complexity index is 342. The molecule has 0 saturated carbocycles. The number of hydrogen-bond acceptors (Lipinski definition) is 4. The summed E-state index contributed by atoms with van der Waals surface area (Å²) < 4.78 is 5.52. The molecule has 0 radical (unpaired) electrons. The molecule has 1 aliphatic heterocycles. The van der Waals surface area contributed by atoms with Crippen LogP contribution in [0, 0.1) is 0 Å². The maximum absolute atomic E-state index is 5.57. The Labute approximate surface area is 96.4 Å². The maximum atomic E-state index is 5.57. The Morgan fingerprint density at radius 1 is 1.38 bits per heavy atom. The molecule has 4 nitrogen and oxygen atoms in total. The number of hydrogen-bond donors (Lipinski definition) is 1. The number of rotatable bonds is 2. The first-order chi connectivity index (χ1) is 7.63. The minimum atomic E-state index is 0.0394. The highest BCUT2D eigenvalue weighted by atomic mass is 16.5. The summed E-state index contributed by atoms with van der Waals surface area (Å²) in [6.45, 7) is 4.19. The highest BCUT2D eigenvalue weighted by Gasteiger charge is 2.29. The first-order valence-corrected chi connectivity index (χ1v) is 5.65. The van der Waals surface area contributed by atoms with Crippen molar-refractivity contribution in [2.24, 2.45) is 0 Å². The molecule has 0 atom stereocenters. The summed E-state index contributed by atoms with van der Waals surface area (Å²) in [5, 5.41) is 0. The minimum Gasteiger partial charge on any atom is -0.384 e. The van der Waals surface area contributed by atoms with Gasteiger partial charge in [-0.25, -0.2) is 4.98 Å². The van der Waals surface area contributed by atoms with Crippen molar-refractivity contribution in [2.45, 2.75) is 25.4 Å². The summed E-state index contributed by atoms with van der Waals surface area (Å²) >= 11 is 0. The van der Waals surface area contributed by atoms with Gasteiger partial charge in [-0.2, -0.15) is 0 Å². The number of piperidine rings is 1. The zero-order valence-electron chi connectivity index (χ0n) is 9.94. The molecule has 2 heterocycles. The molecule has 0 bridgehead atoms. The molecule has 2 rings (SSSR count). The average molecular weight is 221 g/mol. The van der Waals surface area contributed by atoms with Crippen molar-refractivity contribution < 1.29 is 4.74 Å². The summed E-state index contributed by atoms with van der Waals surface area (Å²) in [5.41, 5.74) is 6.76. The molecule has 0 spiro atoms. The van der Waals surface area contributed by atoms with Crippen molar-refractivity contribution >= 4 is 11.5 Å². The molecule has 0 aromatic carbocycles. The SMILES string of the molecule is COC1(C)CCN(c2ccc(N)nc2)CC1. The van der Waals surface area contributed by atoms with Gasteiger partial charge < -0.3 is 15.4 Å². The third kappa shape index (κ3) is 2.27. The third-order valence-corrected chi connectivity index (χ3v) is 3.45. The van der Waals surface area contributed by atoms with Crippen LogP contribution in [0.15, 0.2) is 18.3 Å². The molecule has 16 heavy (non-hydrogen) atoms. The quantitative estimate of drug-likeness (QED) is 0.825. The van der Waals surface area contributed by atoms with Crippen LogP contribution in [0.1, 0.15) is 19.8 Å². The summed E-state index contributed by atoms with van der Waals surface area (Å²) in [4.78, 5) is 6.44. The van der Waals surface area contributed by atoms with Crippen LogP contribution < -0.4 is 10.6 Å². The van der Waals surface area contributed by atoms with Crippen LogP contribution in [0.25, 0.3) is 0 Å². The molecular weight excluding hydrogens is 202 g/mol. The fourth-order valence-corrected chi connectivity index (χ4v) is 2.03. The molecule has 0 amide bonds. The van der Waals surface area contributed by atoms with Crippen molar-refractivity contribution in [1.82, 2.24) is 4.98 Å². The van der Waals surface area contributed by atoms with E-state index < -0.39 is 0 Å². The lowest BCUT2D eigenvalue weighted by Crippen LogP contribution is -2.43. The largest absolute Gasteiger partial charge is 0.384 e. The van der Waals surface area contributed by atoms with Crippen LogP contribution >= 0.6 is 0 Å². The molecular formula is C12H19N3O. The fraction of sp³-hybridized carbons (Fsp3) is 0.583. The van der Waals surface area contributed by atoms with Crippen LogP contribution in [0.3, 0.4) is 0 Å². The molecule has 1 aliphatic rings. The van der Waals surface area contributed by atoms with Gasteiger partial charge in [0.1, 0.15) is 5.82 Å². The number of anilines is 2. The van der Waals surface area contributed by atoms with E-state index in [-0.39, 0.29) is 5.60 Å². The van der Waals surface area contributed by atoms with Gasteiger partial charge in [-0.15, -0.1) is 0 Å². The number of nitrogens with zero attached hydrogens (tertiary/aromatic N) is 2. The van der Waals surface area contributed by atoms with E-state index in [2.05, 4.69) is 16.8 Å². The lowest BCUT2D eigenvalue weighted by molar-refractivity contribution is -0.0132. The molecule has 1 aromatic rings. The van der Waals surface area contributed by atoms with Gasteiger partial charge in [-0.05, 0) is 31.9 Å². The minimum absolute atomic E-state index is 0.0394. The fourth-order valence-electron chi connectivity index (χ4n) is 2.03.